The predicted octanol–water partition coefficient (Wildman–Crippen LogP) is 5.50. The molecule has 0 radical (unpaired) electrons. The van der Waals surface area contributed by atoms with Crippen LogP contribution in [-0.2, 0) is 5.60 Å². The number of aromatic nitrogens is 2. The summed E-state index contributed by atoms with van der Waals surface area (Å²) in [6.07, 6.45) is 1.85. The molecule has 0 aliphatic carbocycles. The summed E-state index contributed by atoms with van der Waals surface area (Å²) in [5.74, 6) is 0. The molecular formula is C26H23N3O. The van der Waals surface area contributed by atoms with Gasteiger partial charge in [-0.05, 0) is 59.7 Å². The van der Waals surface area contributed by atoms with Crippen molar-refractivity contribution in [3.05, 3.63) is 103 Å². The molecule has 30 heavy (non-hydrogen) atoms. The third kappa shape index (κ3) is 3.42. The Morgan fingerprint density at radius 3 is 2.43 bits per heavy atom. The van der Waals surface area contributed by atoms with E-state index in [0.717, 1.165) is 27.8 Å². The molecule has 0 aliphatic heterocycles. The molecule has 0 saturated heterocycles. The van der Waals surface area contributed by atoms with Gasteiger partial charge in [-0.3, -0.25) is 0 Å². The Balaban J connectivity index is 1.39. The Labute approximate surface area is 175 Å². The van der Waals surface area contributed by atoms with Crippen molar-refractivity contribution in [2.75, 3.05) is 11.9 Å². The van der Waals surface area contributed by atoms with Crippen molar-refractivity contribution in [2.45, 2.75) is 12.5 Å². The van der Waals surface area contributed by atoms with Crippen LogP contribution < -0.4 is 5.32 Å². The van der Waals surface area contributed by atoms with E-state index in [1.807, 2.05) is 84.5 Å². The molecule has 1 atom stereocenters. The van der Waals surface area contributed by atoms with Gasteiger partial charge in [0.05, 0.1) is 17.4 Å². The summed E-state index contributed by atoms with van der Waals surface area (Å²) in [6.45, 7) is 2.24. The van der Waals surface area contributed by atoms with Gasteiger partial charge in [-0.15, -0.1) is 0 Å². The van der Waals surface area contributed by atoms with Crippen molar-refractivity contribution in [1.82, 2.24) is 9.78 Å². The molecule has 5 aromatic rings. The Kier molecular flexibility index (Phi) is 4.49. The second kappa shape index (κ2) is 7.32. The first kappa shape index (κ1) is 18.4. The summed E-state index contributed by atoms with van der Waals surface area (Å²) in [4.78, 5) is 0. The standard InChI is InChI=1S/C26H23N3O/c1-26(30,18-27-23-13-11-19-7-5-6-8-20(19)16-23)22-12-14-25-21(15-22)17-28-29(25)24-9-3-2-4-10-24/h2-17,27,30H,18H2,1H3. The molecule has 0 fully saturated rings. The fourth-order valence-electron chi connectivity index (χ4n) is 3.82. The van der Waals surface area contributed by atoms with Crippen molar-refractivity contribution in [2.24, 2.45) is 0 Å². The number of hydrogen-bond acceptors (Lipinski definition) is 3. The van der Waals surface area contributed by atoms with Gasteiger partial charge in [0.1, 0.15) is 5.60 Å². The molecule has 1 heterocycles. The lowest BCUT2D eigenvalue weighted by Gasteiger charge is -2.25. The van der Waals surface area contributed by atoms with E-state index < -0.39 is 5.60 Å². The minimum absolute atomic E-state index is 0.406. The Morgan fingerprint density at radius 1 is 0.833 bits per heavy atom. The number of hydrogen-bond donors (Lipinski definition) is 2. The van der Waals surface area contributed by atoms with Crippen LogP contribution in [0.15, 0.2) is 97.2 Å². The minimum atomic E-state index is -1.02. The smallest absolute Gasteiger partial charge is 0.104 e. The zero-order valence-corrected chi connectivity index (χ0v) is 16.8. The Hall–Kier alpha value is -3.63. The van der Waals surface area contributed by atoms with Crippen LogP contribution in [0.25, 0.3) is 27.4 Å². The summed E-state index contributed by atoms with van der Waals surface area (Å²) >= 11 is 0. The van der Waals surface area contributed by atoms with Gasteiger partial charge in [0.25, 0.3) is 0 Å². The van der Waals surface area contributed by atoms with Crippen molar-refractivity contribution in [1.29, 1.82) is 0 Å². The van der Waals surface area contributed by atoms with Crippen LogP contribution in [-0.4, -0.2) is 21.4 Å². The molecule has 5 rings (SSSR count). The molecule has 148 valence electrons. The number of nitrogens with one attached hydrogen (secondary N) is 1. The number of fused-ring (bicyclic) bond motifs is 2. The summed E-state index contributed by atoms with van der Waals surface area (Å²) in [5, 5.41) is 22.5. The van der Waals surface area contributed by atoms with Gasteiger partial charge in [0.2, 0.25) is 0 Å². The van der Waals surface area contributed by atoms with Gasteiger partial charge in [-0.2, -0.15) is 5.10 Å². The first-order valence-corrected chi connectivity index (χ1v) is 10.1. The van der Waals surface area contributed by atoms with Gasteiger partial charge in [0, 0.05) is 17.6 Å². The van der Waals surface area contributed by atoms with Crippen LogP contribution in [0, 0.1) is 0 Å². The molecule has 0 bridgehead atoms. The highest BCUT2D eigenvalue weighted by Crippen LogP contribution is 2.27. The SMILES string of the molecule is CC(O)(CNc1ccc2ccccc2c1)c1ccc2c(cnn2-c2ccccc2)c1. The molecule has 4 heteroatoms. The van der Waals surface area contributed by atoms with Crippen LogP contribution >= 0.6 is 0 Å². The molecule has 0 amide bonds. The molecule has 0 saturated carbocycles. The van der Waals surface area contributed by atoms with Crippen molar-refractivity contribution >= 4 is 27.4 Å². The highest BCUT2D eigenvalue weighted by Gasteiger charge is 2.23. The van der Waals surface area contributed by atoms with Gasteiger partial charge in [-0.25, -0.2) is 4.68 Å². The number of aliphatic hydroxyl groups is 1. The number of para-hydroxylation sites is 1. The topological polar surface area (TPSA) is 50.1 Å². The fourth-order valence-corrected chi connectivity index (χ4v) is 3.82. The fraction of sp³-hybridized carbons (Fsp3) is 0.115. The molecule has 4 nitrogen and oxygen atoms in total. The maximum absolute atomic E-state index is 11.2. The average molecular weight is 393 g/mol. The highest BCUT2D eigenvalue weighted by atomic mass is 16.3. The van der Waals surface area contributed by atoms with Crippen molar-refractivity contribution < 1.29 is 5.11 Å². The van der Waals surface area contributed by atoms with E-state index in [-0.39, 0.29) is 0 Å². The third-order valence-electron chi connectivity index (χ3n) is 5.58. The first-order chi connectivity index (χ1) is 14.6. The Bertz CT molecular complexity index is 1320. The summed E-state index contributed by atoms with van der Waals surface area (Å²) in [6, 6.07) is 30.6. The lowest BCUT2D eigenvalue weighted by Crippen LogP contribution is -2.30. The third-order valence-corrected chi connectivity index (χ3v) is 5.58. The van der Waals surface area contributed by atoms with E-state index in [0.29, 0.717) is 6.54 Å². The van der Waals surface area contributed by atoms with Gasteiger partial charge < -0.3 is 10.4 Å². The summed E-state index contributed by atoms with van der Waals surface area (Å²) in [7, 11) is 0. The van der Waals surface area contributed by atoms with E-state index in [2.05, 4.69) is 34.7 Å². The van der Waals surface area contributed by atoms with E-state index >= 15 is 0 Å². The maximum atomic E-state index is 11.2. The molecule has 1 unspecified atom stereocenters. The van der Waals surface area contributed by atoms with Crippen LogP contribution in [0.1, 0.15) is 12.5 Å². The van der Waals surface area contributed by atoms with Crippen LogP contribution in [0.2, 0.25) is 0 Å². The predicted molar refractivity (Wildman–Crippen MR) is 123 cm³/mol. The van der Waals surface area contributed by atoms with Crippen molar-refractivity contribution in [3.63, 3.8) is 0 Å². The number of anilines is 1. The molecule has 2 N–H and O–H groups in total. The van der Waals surface area contributed by atoms with Crippen LogP contribution in [0.3, 0.4) is 0 Å². The molecule has 0 spiro atoms. The van der Waals surface area contributed by atoms with Gasteiger partial charge in [-0.1, -0.05) is 54.6 Å². The Morgan fingerprint density at radius 2 is 1.60 bits per heavy atom. The number of benzene rings is 4. The zero-order chi connectivity index (χ0) is 20.6. The lowest BCUT2D eigenvalue weighted by molar-refractivity contribution is 0.0717. The molecule has 1 aromatic heterocycles. The van der Waals surface area contributed by atoms with Gasteiger partial charge in [0.15, 0.2) is 0 Å². The van der Waals surface area contributed by atoms with Crippen LogP contribution in [0.4, 0.5) is 5.69 Å². The summed E-state index contributed by atoms with van der Waals surface area (Å²) in [5.41, 5.74) is 2.87. The quantitative estimate of drug-likeness (QED) is 0.415. The largest absolute Gasteiger partial charge is 0.384 e. The highest BCUT2D eigenvalue weighted by molar-refractivity contribution is 5.85. The van der Waals surface area contributed by atoms with Crippen molar-refractivity contribution in [3.8, 4) is 5.69 Å². The van der Waals surface area contributed by atoms with E-state index in [4.69, 9.17) is 0 Å². The normalized spacial score (nSPS) is 13.4. The average Bonchev–Trinajstić information content (AvgIpc) is 3.22. The van der Waals surface area contributed by atoms with E-state index in [1.165, 1.54) is 10.8 Å². The number of rotatable bonds is 5. The second-order valence-electron chi connectivity index (χ2n) is 7.85. The zero-order valence-electron chi connectivity index (χ0n) is 16.8. The number of nitrogens with zero attached hydrogens (tertiary/aromatic N) is 2. The minimum Gasteiger partial charge on any atom is -0.384 e. The van der Waals surface area contributed by atoms with Gasteiger partial charge >= 0.3 is 0 Å². The van der Waals surface area contributed by atoms with E-state index in [9.17, 15) is 5.11 Å². The molecule has 0 aliphatic rings. The maximum Gasteiger partial charge on any atom is 0.104 e. The first-order valence-electron chi connectivity index (χ1n) is 10.1. The lowest BCUT2D eigenvalue weighted by atomic mass is 9.94. The monoisotopic (exact) mass is 393 g/mol. The molecular weight excluding hydrogens is 370 g/mol. The molecule has 4 aromatic carbocycles. The van der Waals surface area contributed by atoms with Crippen LogP contribution in [0.5, 0.6) is 0 Å². The second-order valence-corrected chi connectivity index (χ2v) is 7.85. The summed E-state index contributed by atoms with van der Waals surface area (Å²) < 4.78 is 1.92. The van der Waals surface area contributed by atoms with E-state index in [1.54, 1.807) is 0 Å².